The van der Waals surface area contributed by atoms with Gasteiger partial charge < -0.3 is 5.32 Å². The van der Waals surface area contributed by atoms with Crippen LogP contribution in [0.4, 0.5) is 0 Å². The maximum absolute atomic E-state index is 3.71. The minimum absolute atomic E-state index is 0.298. The van der Waals surface area contributed by atoms with Crippen LogP contribution in [0.1, 0.15) is 137 Å². The second kappa shape index (κ2) is 17.4. The van der Waals surface area contributed by atoms with Crippen molar-refractivity contribution < 1.29 is 0 Å². The molecular formula is C24H51N. The summed E-state index contributed by atoms with van der Waals surface area (Å²) in [6, 6.07) is 0. The molecule has 1 heteroatoms. The Hall–Kier alpha value is -0.0400. The van der Waals surface area contributed by atoms with Gasteiger partial charge in [-0.25, -0.2) is 0 Å². The van der Waals surface area contributed by atoms with Crippen molar-refractivity contribution in [2.45, 2.75) is 143 Å². The van der Waals surface area contributed by atoms with Crippen LogP contribution in [0, 0.1) is 5.92 Å². The molecule has 0 amide bonds. The summed E-state index contributed by atoms with van der Waals surface area (Å²) in [4.78, 5) is 0. The Labute approximate surface area is 161 Å². The van der Waals surface area contributed by atoms with Gasteiger partial charge in [0.25, 0.3) is 0 Å². The molecule has 0 aliphatic heterocycles. The minimum Gasteiger partial charge on any atom is -0.312 e. The second-order valence-electron chi connectivity index (χ2n) is 8.93. The van der Waals surface area contributed by atoms with Crippen molar-refractivity contribution in [1.82, 2.24) is 5.32 Å². The van der Waals surface area contributed by atoms with Gasteiger partial charge in [-0.15, -0.1) is 0 Å². The van der Waals surface area contributed by atoms with E-state index in [-0.39, 0.29) is 0 Å². The van der Waals surface area contributed by atoms with Crippen LogP contribution in [0.3, 0.4) is 0 Å². The Kier molecular flexibility index (Phi) is 17.3. The van der Waals surface area contributed by atoms with Gasteiger partial charge in [0.2, 0.25) is 0 Å². The number of nitrogens with one attached hydrogen (secondary N) is 1. The van der Waals surface area contributed by atoms with Gasteiger partial charge in [-0.3, -0.25) is 0 Å². The van der Waals surface area contributed by atoms with Crippen molar-refractivity contribution in [3.63, 3.8) is 0 Å². The van der Waals surface area contributed by atoms with Gasteiger partial charge in [0.1, 0.15) is 0 Å². The van der Waals surface area contributed by atoms with Crippen molar-refractivity contribution >= 4 is 0 Å². The average molecular weight is 354 g/mol. The van der Waals surface area contributed by atoms with Crippen LogP contribution in [-0.4, -0.2) is 12.1 Å². The zero-order valence-electron chi connectivity index (χ0n) is 18.6. The molecule has 0 aromatic heterocycles. The summed E-state index contributed by atoms with van der Waals surface area (Å²) in [6.07, 6.45) is 22.9. The summed E-state index contributed by atoms with van der Waals surface area (Å²) >= 11 is 0. The molecule has 0 saturated carbocycles. The Morgan fingerprint density at radius 3 is 1.40 bits per heavy atom. The van der Waals surface area contributed by atoms with Crippen LogP contribution >= 0.6 is 0 Å². The first-order valence-electron chi connectivity index (χ1n) is 11.8. The van der Waals surface area contributed by atoms with Crippen LogP contribution in [0.15, 0.2) is 0 Å². The van der Waals surface area contributed by atoms with E-state index in [1.54, 1.807) is 0 Å². The summed E-state index contributed by atoms with van der Waals surface area (Å²) in [5, 5.41) is 3.71. The highest BCUT2D eigenvalue weighted by Gasteiger charge is 2.23. The number of rotatable bonds is 19. The van der Waals surface area contributed by atoms with E-state index in [0.29, 0.717) is 5.54 Å². The molecule has 1 unspecified atom stereocenters. The smallest absolute Gasteiger partial charge is 0.0150 e. The second-order valence-corrected chi connectivity index (χ2v) is 8.93. The molecule has 0 aliphatic rings. The summed E-state index contributed by atoms with van der Waals surface area (Å²) in [6.45, 7) is 12.9. The third kappa shape index (κ3) is 15.9. The lowest BCUT2D eigenvalue weighted by atomic mass is 9.84. The molecule has 1 N–H and O–H groups in total. The molecule has 25 heavy (non-hydrogen) atoms. The monoisotopic (exact) mass is 353 g/mol. The molecule has 152 valence electrons. The molecule has 0 fully saturated rings. The van der Waals surface area contributed by atoms with Gasteiger partial charge in [-0.1, -0.05) is 111 Å². The maximum Gasteiger partial charge on any atom is 0.0150 e. The lowest BCUT2D eigenvalue weighted by Crippen LogP contribution is -2.45. The third-order valence-electron chi connectivity index (χ3n) is 6.05. The maximum atomic E-state index is 3.71. The van der Waals surface area contributed by atoms with Crippen molar-refractivity contribution in [2.75, 3.05) is 6.54 Å². The van der Waals surface area contributed by atoms with E-state index in [1.165, 1.54) is 103 Å². The average Bonchev–Trinajstić information content (AvgIpc) is 2.60. The van der Waals surface area contributed by atoms with Gasteiger partial charge in [0.15, 0.2) is 0 Å². The number of unbranched alkanes of at least 4 members (excludes halogenated alkanes) is 13. The van der Waals surface area contributed by atoms with Gasteiger partial charge in [-0.2, -0.15) is 0 Å². The van der Waals surface area contributed by atoms with E-state index in [9.17, 15) is 0 Å². The Balaban J connectivity index is 3.30. The molecule has 0 heterocycles. The molecule has 0 aromatic carbocycles. The van der Waals surface area contributed by atoms with E-state index in [4.69, 9.17) is 0 Å². The lowest BCUT2D eigenvalue weighted by molar-refractivity contribution is 0.251. The number of hydrogen-bond donors (Lipinski definition) is 1. The van der Waals surface area contributed by atoms with Crippen molar-refractivity contribution in [1.29, 1.82) is 0 Å². The topological polar surface area (TPSA) is 12.0 Å². The van der Waals surface area contributed by atoms with Crippen LogP contribution in [0.25, 0.3) is 0 Å². The van der Waals surface area contributed by atoms with Crippen LogP contribution in [0.2, 0.25) is 0 Å². The highest BCUT2D eigenvalue weighted by molar-refractivity contribution is 4.83. The van der Waals surface area contributed by atoms with Gasteiger partial charge >= 0.3 is 0 Å². The first kappa shape index (κ1) is 25.0. The lowest BCUT2D eigenvalue weighted by Gasteiger charge is -2.33. The molecule has 0 spiro atoms. The zero-order chi connectivity index (χ0) is 18.8. The molecular weight excluding hydrogens is 302 g/mol. The summed E-state index contributed by atoms with van der Waals surface area (Å²) in [7, 11) is 0. The van der Waals surface area contributed by atoms with E-state index in [2.05, 4.69) is 39.9 Å². The van der Waals surface area contributed by atoms with Crippen LogP contribution < -0.4 is 5.32 Å². The van der Waals surface area contributed by atoms with Crippen molar-refractivity contribution in [2.24, 2.45) is 5.92 Å². The largest absolute Gasteiger partial charge is 0.312 e. The first-order chi connectivity index (χ1) is 12.0. The predicted octanol–water partition coefficient (Wildman–Crippen LogP) is 8.27. The van der Waals surface area contributed by atoms with E-state index in [0.717, 1.165) is 12.5 Å². The van der Waals surface area contributed by atoms with E-state index in [1.807, 2.05) is 0 Å². The third-order valence-corrected chi connectivity index (χ3v) is 6.05. The molecule has 1 nitrogen and oxygen atoms in total. The predicted molar refractivity (Wildman–Crippen MR) is 116 cm³/mol. The van der Waals surface area contributed by atoms with Gasteiger partial charge in [0.05, 0.1) is 0 Å². The molecule has 0 aromatic rings. The van der Waals surface area contributed by atoms with Crippen molar-refractivity contribution in [3.05, 3.63) is 0 Å². The Morgan fingerprint density at radius 2 is 1.00 bits per heavy atom. The quantitative estimate of drug-likeness (QED) is 0.230. The van der Waals surface area contributed by atoms with E-state index >= 15 is 0 Å². The Morgan fingerprint density at radius 1 is 0.600 bits per heavy atom. The van der Waals surface area contributed by atoms with Crippen LogP contribution in [0.5, 0.6) is 0 Å². The normalized spacial score (nSPS) is 13.3. The summed E-state index contributed by atoms with van der Waals surface area (Å²) in [5.41, 5.74) is 0.298. The first-order valence-corrected chi connectivity index (χ1v) is 11.8. The fourth-order valence-electron chi connectivity index (χ4n) is 3.63. The molecule has 0 aliphatic carbocycles. The van der Waals surface area contributed by atoms with Gasteiger partial charge in [0, 0.05) is 5.54 Å². The van der Waals surface area contributed by atoms with Crippen LogP contribution in [-0.2, 0) is 0 Å². The minimum atomic E-state index is 0.298. The fraction of sp³-hybridized carbons (Fsp3) is 1.00. The highest BCUT2D eigenvalue weighted by atomic mass is 15.0. The Bertz CT molecular complexity index is 259. The van der Waals surface area contributed by atoms with Gasteiger partial charge in [-0.05, 0) is 39.2 Å². The highest BCUT2D eigenvalue weighted by Crippen LogP contribution is 2.23. The molecule has 0 bridgehead atoms. The SMILES string of the molecule is CCCCCCCCCCCCCCCCC(C)C(C)(C)NCCC. The molecule has 0 radical (unpaired) electrons. The standard InChI is InChI=1S/C24H51N/c1-6-8-9-10-11-12-13-14-15-16-17-18-19-20-21-23(3)24(4,5)25-22-7-2/h23,25H,6-22H2,1-5H3. The van der Waals surface area contributed by atoms with E-state index < -0.39 is 0 Å². The number of hydrogen-bond acceptors (Lipinski definition) is 1. The molecule has 1 atom stereocenters. The van der Waals surface area contributed by atoms with Crippen molar-refractivity contribution in [3.8, 4) is 0 Å². The summed E-state index contributed by atoms with van der Waals surface area (Å²) < 4.78 is 0. The fourth-order valence-corrected chi connectivity index (χ4v) is 3.63. The summed E-state index contributed by atoms with van der Waals surface area (Å²) in [5.74, 6) is 0.774. The molecule has 0 saturated heterocycles. The zero-order valence-corrected chi connectivity index (χ0v) is 18.6. The molecule has 0 rings (SSSR count).